The van der Waals surface area contributed by atoms with Gasteiger partial charge >= 0.3 is 5.97 Å². The minimum Gasteiger partial charge on any atom is -0.478 e. The molecular formula is C14H19NO5S. The number of rotatable bonds is 5. The van der Waals surface area contributed by atoms with Crippen LogP contribution < -0.4 is 0 Å². The molecule has 0 amide bonds. The molecule has 1 aromatic rings. The van der Waals surface area contributed by atoms with Crippen LogP contribution in [0.25, 0.3) is 0 Å². The zero-order chi connectivity index (χ0) is 15.5. The number of aromatic carboxylic acids is 1. The predicted molar refractivity (Wildman–Crippen MR) is 76.8 cm³/mol. The molecule has 1 heterocycles. The fourth-order valence-corrected chi connectivity index (χ4v) is 3.65. The molecule has 1 saturated heterocycles. The van der Waals surface area contributed by atoms with E-state index in [0.717, 1.165) is 12.8 Å². The summed E-state index contributed by atoms with van der Waals surface area (Å²) in [5, 5.41) is 8.95. The maximum absolute atomic E-state index is 12.5. The van der Waals surface area contributed by atoms with Crippen molar-refractivity contribution < 1.29 is 23.1 Å². The molecular weight excluding hydrogens is 294 g/mol. The average molecular weight is 313 g/mol. The lowest BCUT2D eigenvalue weighted by molar-refractivity contribution is 0.0620. The summed E-state index contributed by atoms with van der Waals surface area (Å²) in [6, 6.07) is 5.43. The maximum atomic E-state index is 12.5. The van der Waals surface area contributed by atoms with E-state index < -0.39 is 16.0 Å². The van der Waals surface area contributed by atoms with E-state index in [0.29, 0.717) is 19.8 Å². The van der Waals surface area contributed by atoms with Crippen molar-refractivity contribution in [3.05, 3.63) is 29.8 Å². The van der Waals surface area contributed by atoms with Gasteiger partial charge in [0.1, 0.15) is 0 Å². The number of carboxylic acids is 1. The molecule has 1 aliphatic heterocycles. The minimum atomic E-state index is -3.67. The Kier molecular flexibility index (Phi) is 4.97. The number of hydrogen-bond donors (Lipinski definition) is 1. The number of hydrogen-bond acceptors (Lipinski definition) is 4. The second-order valence-corrected chi connectivity index (χ2v) is 7.22. The van der Waals surface area contributed by atoms with Gasteiger partial charge in [-0.2, -0.15) is 0 Å². The van der Waals surface area contributed by atoms with Gasteiger partial charge in [-0.1, -0.05) is 6.07 Å². The van der Waals surface area contributed by atoms with Crippen molar-refractivity contribution in [1.82, 2.24) is 4.31 Å². The van der Waals surface area contributed by atoms with E-state index in [1.165, 1.54) is 35.6 Å². The van der Waals surface area contributed by atoms with Crippen molar-refractivity contribution in [2.75, 3.05) is 26.8 Å². The Balaban J connectivity index is 2.16. The summed E-state index contributed by atoms with van der Waals surface area (Å²) in [7, 11) is -2.14. The first-order valence-electron chi connectivity index (χ1n) is 6.78. The van der Waals surface area contributed by atoms with Gasteiger partial charge in [0.05, 0.1) is 10.5 Å². The first kappa shape index (κ1) is 15.9. The van der Waals surface area contributed by atoms with Crippen LogP contribution in [0.15, 0.2) is 29.2 Å². The van der Waals surface area contributed by atoms with Crippen molar-refractivity contribution >= 4 is 16.0 Å². The summed E-state index contributed by atoms with van der Waals surface area (Å²) in [5.74, 6) is -0.861. The third-order valence-corrected chi connectivity index (χ3v) is 5.46. The Labute approximate surface area is 124 Å². The van der Waals surface area contributed by atoms with Gasteiger partial charge in [0, 0.05) is 26.8 Å². The Hall–Kier alpha value is -1.44. The highest BCUT2D eigenvalue weighted by Gasteiger charge is 2.25. The summed E-state index contributed by atoms with van der Waals surface area (Å²) in [4.78, 5) is 11.0. The van der Waals surface area contributed by atoms with Crippen LogP contribution in [-0.4, -0.2) is 50.6 Å². The quantitative estimate of drug-likeness (QED) is 0.889. The molecule has 0 unspecified atom stereocenters. The van der Waals surface area contributed by atoms with E-state index in [2.05, 4.69) is 0 Å². The molecule has 116 valence electrons. The van der Waals surface area contributed by atoms with Crippen molar-refractivity contribution in [2.24, 2.45) is 5.92 Å². The maximum Gasteiger partial charge on any atom is 0.335 e. The monoisotopic (exact) mass is 313 g/mol. The molecule has 6 nitrogen and oxygen atoms in total. The molecule has 1 N–H and O–H groups in total. The molecule has 0 spiro atoms. The van der Waals surface area contributed by atoms with Gasteiger partial charge in [-0.15, -0.1) is 0 Å². The largest absolute Gasteiger partial charge is 0.478 e. The van der Waals surface area contributed by atoms with Gasteiger partial charge in [-0.3, -0.25) is 0 Å². The zero-order valence-electron chi connectivity index (χ0n) is 11.9. The van der Waals surface area contributed by atoms with Crippen LogP contribution in [0.4, 0.5) is 0 Å². The molecule has 21 heavy (non-hydrogen) atoms. The van der Waals surface area contributed by atoms with Crippen LogP contribution in [-0.2, 0) is 14.8 Å². The second-order valence-electron chi connectivity index (χ2n) is 5.17. The Bertz CT molecular complexity index is 608. The highest BCUT2D eigenvalue weighted by Crippen LogP contribution is 2.21. The van der Waals surface area contributed by atoms with E-state index in [1.807, 2.05) is 0 Å². The van der Waals surface area contributed by atoms with Crippen LogP contribution in [0.3, 0.4) is 0 Å². The lowest BCUT2D eigenvalue weighted by atomic mass is 10.0. The summed E-state index contributed by atoms with van der Waals surface area (Å²) < 4.78 is 31.5. The molecule has 0 bridgehead atoms. The summed E-state index contributed by atoms with van der Waals surface area (Å²) >= 11 is 0. The number of carboxylic acid groups (broad SMARTS) is 1. The van der Waals surface area contributed by atoms with Gasteiger partial charge in [-0.05, 0) is 37.0 Å². The standard InChI is InChI=1S/C14H19NO5S/c1-15(10-11-5-7-20-8-6-11)21(18,19)13-4-2-3-12(9-13)14(16)17/h2-4,9,11H,5-8,10H2,1H3,(H,16,17). The molecule has 1 aromatic carbocycles. The van der Waals surface area contributed by atoms with E-state index in [1.54, 1.807) is 0 Å². The number of nitrogens with zero attached hydrogens (tertiary/aromatic N) is 1. The number of carbonyl (C=O) groups is 1. The highest BCUT2D eigenvalue weighted by atomic mass is 32.2. The van der Waals surface area contributed by atoms with Crippen LogP contribution in [0.5, 0.6) is 0 Å². The smallest absolute Gasteiger partial charge is 0.335 e. The first-order valence-corrected chi connectivity index (χ1v) is 8.22. The third kappa shape index (κ3) is 3.81. The second kappa shape index (κ2) is 6.55. The van der Waals surface area contributed by atoms with Crippen molar-refractivity contribution in [1.29, 1.82) is 0 Å². The molecule has 0 radical (unpaired) electrons. The fraction of sp³-hybridized carbons (Fsp3) is 0.500. The summed E-state index contributed by atoms with van der Waals surface area (Å²) in [6.07, 6.45) is 1.68. The zero-order valence-corrected chi connectivity index (χ0v) is 12.7. The highest BCUT2D eigenvalue weighted by molar-refractivity contribution is 7.89. The van der Waals surface area contributed by atoms with Crippen molar-refractivity contribution in [2.45, 2.75) is 17.7 Å². The minimum absolute atomic E-state index is 0.0111. The topological polar surface area (TPSA) is 83.9 Å². The van der Waals surface area contributed by atoms with Crippen molar-refractivity contribution in [3.63, 3.8) is 0 Å². The number of ether oxygens (including phenoxy) is 1. The molecule has 1 fully saturated rings. The molecule has 0 aliphatic carbocycles. The van der Waals surface area contributed by atoms with Crippen LogP contribution in [0, 0.1) is 5.92 Å². The average Bonchev–Trinajstić information content (AvgIpc) is 2.48. The Morgan fingerprint density at radius 2 is 2.05 bits per heavy atom. The normalized spacial score (nSPS) is 17.0. The Morgan fingerprint density at radius 1 is 1.38 bits per heavy atom. The molecule has 0 aromatic heterocycles. The van der Waals surface area contributed by atoms with Crippen LogP contribution in [0.2, 0.25) is 0 Å². The molecule has 0 atom stereocenters. The van der Waals surface area contributed by atoms with Gasteiger partial charge in [0.15, 0.2) is 0 Å². The van der Waals surface area contributed by atoms with Gasteiger partial charge in [0.2, 0.25) is 10.0 Å². The molecule has 2 rings (SSSR count). The van der Waals surface area contributed by atoms with E-state index in [4.69, 9.17) is 9.84 Å². The first-order chi connectivity index (χ1) is 9.91. The predicted octanol–water partition coefficient (Wildman–Crippen LogP) is 1.43. The van der Waals surface area contributed by atoms with E-state index in [9.17, 15) is 13.2 Å². The number of sulfonamides is 1. The molecule has 0 saturated carbocycles. The lowest BCUT2D eigenvalue weighted by Crippen LogP contribution is -2.34. The SMILES string of the molecule is CN(CC1CCOCC1)S(=O)(=O)c1cccc(C(=O)O)c1. The van der Waals surface area contributed by atoms with Gasteiger partial charge in [0.25, 0.3) is 0 Å². The lowest BCUT2D eigenvalue weighted by Gasteiger charge is -2.26. The van der Waals surface area contributed by atoms with Crippen LogP contribution in [0.1, 0.15) is 23.2 Å². The van der Waals surface area contributed by atoms with E-state index >= 15 is 0 Å². The fourth-order valence-electron chi connectivity index (χ4n) is 2.36. The molecule has 7 heteroatoms. The van der Waals surface area contributed by atoms with Gasteiger partial charge in [-0.25, -0.2) is 17.5 Å². The molecule has 1 aliphatic rings. The van der Waals surface area contributed by atoms with Crippen molar-refractivity contribution in [3.8, 4) is 0 Å². The number of benzene rings is 1. The Morgan fingerprint density at radius 3 is 2.67 bits per heavy atom. The van der Waals surface area contributed by atoms with E-state index in [-0.39, 0.29) is 16.4 Å². The van der Waals surface area contributed by atoms with Crippen LogP contribution >= 0.6 is 0 Å². The third-order valence-electron chi connectivity index (χ3n) is 3.65. The summed E-state index contributed by atoms with van der Waals surface area (Å²) in [5.41, 5.74) is -0.0319. The summed E-state index contributed by atoms with van der Waals surface area (Å²) in [6.45, 7) is 1.74. The van der Waals surface area contributed by atoms with Gasteiger partial charge < -0.3 is 9.84 Å².